The van der Waals surface area contributed by atoms with Crippen molar-refractivity contribution < 1.29 is 21.6 Å². The molecular formula is C18H18F3N3O2S2. The van der Waals surface area contributed by atoms with Crippen molar-refractivity contribution in [1.29, 1.82) is 0 Å². The number of rotatable bonds is 6. The van der Waals surface area contributed by atoms with Gasteiger partial charge in [0.2, 0.25) is 5.82 Å². The Kier molecular flexibility index (Phi) is 5.62. The molecule has 5 nitrogen and oxygen atoms in total. The molecule has 0 fully saturated rings. The largest absolute Gasteiger partial charge is 0.451 e. The summed E-state index contributed by atoms with van der Waals surface area (Å²) >= 11 is 1.20. The highest BCUT2D eigenvalue weighted by Crippen LogP contribution is 2.33. The van der Waals surface area contributed by atoms with E-state index < -0.39 is 21.8 Å². The van der Waals surface area contributed by atoms with E-state index in [0.29, 0.717) is 29.6 Å². The van der Waals surface area contributed by atoms with Crippen molar-refractivity contribution in [3.8, 4) is 0 Å². The van der Waals surface area contributed by atoms with E-state index in [1.807, 2.05) is 6.92 Å². The average molecular weight is 429 g/mol. The third-order valence-corrected chi connectivity index (χ3v) is 6.13. The van der Waals surface area contributed by atoms with Crippen LogP contribution in [0.5, 0.6) is 0 Å². The van der Waals surface area contributed by atoms with Crippen LogP contribution in [0.3, 0.4) is 0 Å². The fourth-order valence-corrected chi connectivity index (χ4v) is 4.22. The summed E-state index contributed by atoms with van der Waals surface area (Å²) in [4.78, 5) is 8.70. The van der Waals surface area contributed by atoms with Crippen LogP contribution in [-0.2, 0) is 22.4 Å². The molecule has 0 radical (unpaired) electrons. The number of anilines is 1. The first kappa shape index (κ1) is 20.5. The Hall–Kier alpha value is -2.20. The second kappa shape index (κ2) is 7.67. The number of hydrogen-bond donors (Lipinski definition) is 1. The third kappa shape index (κ3) is 4.79. The van der Waals surface area contributed by atoms with Crippen molar-refractivity contribution in [2.24, 2.45) is 0 Å². The average Bonchev–Trinajstić information content (AvgIpc) is 2.97. The van der Waals surface area contributed by atoms with E-state index >= 15 is 0 Å². The van der Waals surface area contributed by atoms with Gasteiger partial charge in [-0.2, -0.15) is 13.2 Å². The third-order valence-electron chi connectivity index (χ3n) is 4.06. The van der Waals surface area contributed by atoms with Gasteiger partial charge in [0.1, 0.15) is 10.6 Å². The van der Waals surface area contributed by atoms with Gasteiger partial charge in [-0.1, -0.05) is 12.1 Å². The Balaban J connectivity index is 1.68. The summed E-state index contributed by atoms with van der Waals surface area (Å²) in [6.07, 6.45) is -2.16. The summed E-state index contributed by atoms with van der Waals surface area (Å²) in [6.45, 7) is 2.23. The van der Waals surface area contributed by atoms with Crippen molar-refractivity contribution in [3.05, 3.63) is 46.6 Å². The quantitative estimate of drug-likeness (QED) is 0.586. The van der Waals surface area contributed by atoms with Gasteiger partial charge in [0.15, 0.2) is 9.84 Å². The van der Waals surface area contributed by atoms with Gasteiger partial charge in [0.05, 0.1) is 10.3 Å². The van der Waals surface area contributed by atoms with E-state index in [-0.39, 0.29) is 10.7 Å². The fraction of sp³-hybridized carbons (Fsp3) is 0.333. The molecule has 0 spiro atoms. The number of sulfone groups is 1. The van der Waals surface area contributed by atoms with Crippen LogP contribution in [0.4, 0.5) is 19.0 Å². The second-order valence-corrected chi connectivity index (χ2v) is 9.67. The van der Waals surface area contributed by atoms with Crippen molar-refractivity contribution in [2.75, 3.05) is 18.1 Å². The molecule has 1 N–H and O–H groups in total. The zero-order valence-corrected chi connectivity index (χ0v) is 16.8. The van der Waals surface area contributed by atoms with Crippen molar-refractivity contribution in [1.82, 2.24) is 9.97 Å². The number of nitrogens with one attached hydrogen (secondary N) is 1. The van der Waals surface area contributed by atoms with E-state index in [4.69, 9.17) is 0 Å². The van der Waals surface area contributed by atoms with Gasteiger partial charge >= 0.3 is 6.18 Å². The Morgan fingerprint density at radius 1 is 1.14 bits per heavy atom. The molecule has 3 aromatic rings. The highest BCUT2D eigenvalue weighted by atomic mass is 32.2. The van der Waals surface area contributed by atoms with E-state index in [1.165, 1.54) is 11.3 Å². The molecule has 0 atom stereocenters. The lowest BCUT2D eigenvalue weighted by molar-refractivity contribution is -0.144. The predicted molar refractivity (Wildman–Crippen MR) is 104 cm³/mol. The minimum absolute atomic E-state index is 0.175. The molecule has 1 aromatic carbocycles. The van der Waals surface area contributed by atoms with Crippen LogP contribution < -0.4 is 5.32 Å². The van der Waals surface area contributed by atoms with E-state index in [0.717, 1.165) is 16.7 Å². The maximum atomic E-state index is 13.0. The molecular weight excluding hydrogens is 411 g/mol. The molecule has 0 saturated heterocycles. The number of halogens is 3. The Labute approximate surface area is 164 Å². The maximum Gasteiger partial charge on any atom is 0.451 e. The molecule has 2 heterocycles. The predicted octanol–water partition coefficient (Wildman–Crippen LogP) is 4.47. The summed E-state index contributed by atoms with van der Waals surface area (Å²) in [6, 6.07) is 8.35. The topological polar surface area (TPSA) is 72.0 Å². The fourth-order valence-electron chi connectivity index (χ4n) is 2.71. The summed E-state index contributed by atoms with van der Waals surface area (Å²) in [5.41, 5.74) is 0.949. The van der Waals surface area contributed by atoms with Crippen LogP contribution in [-0.4, -0.2) is 31.2 Å². The van der Waals surface area contributed by atoms with Crippen molar-refractivity contribution >= 4 is 37.2 Å². The van der Waals surface area contributed by atoms with Gasteiger partial charge in [0, 0.05) is 17.7 Å². The van der Waals surface area contributed by atoms with Crippen LogP contribution in [0.15, 0.2) is 35.2 Å². The van der Waals surface area contributed by atoms with Crippen LogP contribution >= 0.6 is 11.3 Å². The van der Waals surface area contributed by atoms with Gasteiger partial charge in [-0.15, -0.1) is 11.3 Å². The number of aromatic nitrogens is 2. The standard InChI is InChI=1S/C18H18F3N3O2S2/c1-11-10-14-15(23-17(18(19,20)21)24-16(14)27-11)22-9-3-4-12-5-7-13(8-6-12)28(2,25)26/h5-8,10H,3-4,9H2,1-2H3,(H,22,23,24). The van der Waals surface area contributed by atoms with Crippen LogP contribution in [0.1, 0.15) is 22.7 Å². The summed E-state index contributed by atoms with van der Waals surface area (Å²) in [5.74, 6) is -0.977. The SMILES string of the molecule is Cc1cc2c(NCCCc3ccc(S(C)(=O)=O)cc3)nc(C(F)(F)F)nc2s1. The first-order valence-electron chi connectivity index (χ1n) is 8.42. The summed E-state index contributed by atoms with van der Waals surface area (Å²) in [7, 11) is -3.23. The van der Waals surface area contributed by atoms with Gasteiger partial charge in [-0.05, 0) is 43.5 Å². The smallest absolute Gasteiger partial charge is 0.369 e. The van der Waals surface area contributed by atoms with E-state index in [1.54, 1.807) is 30.3 Å². The lowest BCUT2D eigenvalue weighted by Crippen LogP contribution is -2.13. The number of alkyl halides is 3. The molecule has 3 rings (SSSR count). The van der Waals surface area contributed by atoms with Crippen LogP contribution in [0.2, 0.25) is 0 Å². The summed E-state index contributed by atoms with van der Waals surface area (Å²) in [5, 5.41) is 3.56. The van der Waals surface area contributed by atoms with E-state index in [2.05, 4.69) is 15.3 Å². The Bertz CT molecular complexity index is 1090. The number of benzene rings is 1. The first-order chi connectivity index (χ1) is 13.0. The number of nitrogens with zero attached hydrogens (tertiary/aromatic N) is 2. The van der Waals surface area contributed by atoms with Crippen molar-refractivity contribution in [3.63, 3.8) is 0 Å². The Morgan fingerprint density at radius 3 is 2.43 bits per heavy atom. The molecule has 0 unspecified atom stereocenters. The molecule has 0 aliphatic rings. The lowest BCUT2D eigenvalue weighted by atomic mass is 10.1. The monoisotopic (exact) mass is 429 g/mol. The van der Waals surface area contributed by atoms with Crippen molar-refractivity contribution in [2.45, 2.75) is 30.8 Å². The van der Waals surface area contributed by atoms with Gasteiger partial charge in [0.25, 0.3) is 0 Å². The number of hydrogen-bond acceptors (Lipinski definition) is 6. The first-order valence-corrected chi connectivity index (χ1v) is 11.1. The van der Waals surface area contributed by atoms with Crippen LogP contribution in [0.25, 0.3) is 10.2 Å². The zero-order valence-electron chi connectivity index (χ0n) is 15.2. The normalized spacial score (nSPS) is 12.5. The molecule has 0 aliphatic carbocycles. The summed E-state index contributed by atoms with van der Waals surface area (Å²) < 4.78 is 62.0. The van der Waals surface area contributed by atoms with Gasteiger partial charge in [-0.25, -0.2) is 18.4 Å². The highest BCUT2D eigenvalue weighted by Gasteiger charge is 2.35. The zero-order chi connectivity index (χ0) is 20.5. The Morgan fingerprint density at radius 2 is 1.82 bits per heavy atom. The molecule has 0 amide bonds. The molecule has 0 saturated carbocycles. The number of aryl methyl sites for hydroxylation is 2. The van der Waals surface area contributed by atoms with E-state index in [9.17, 15) is 21.6 Å². The molecule has 2 aromatic heterocycles. The van der Waals surface area contributed by atoms with Crippen LogP contribution in [0, 0.1) is 6.92 Å². The number of fused-ring (bicyclic) bond motifs is 1. The van der Waals surface area contributed by atoms with Gasteiger partial charge < -0.3 is 5.32 Å². The molecule has 150 valence electrons. The molecule has 28 heavy (non-hydrogen) atoms. The minimum atomic E-state index is -4.61. The maximum absolute atomic E-state index is 13.0. The molecule has 0 aliphatic heterocycles. The van der Waals surface area contributed by atoms with Gasteiger partial charge in [-0.3, -0.25) is 0 Å². The number of thiophene rings is 1. The lowest BCUT2D eigenvalue weighted by Gasteiger charge is -2.10. The molecule has 0 bridgehead atoms. The highest BCUT2D eigenvalue weighted by molar-refractivity contribution is 7.90. The molecule has 10 heteroatoms. The second-order valence-electron chi connectivity index (χ2n) is 6.42. The minimum Gasteiger partial charge on any atom is -0.369 e.